The van der Waals surface area contributed by atoms with Crippen molar-refractivity contribution in [1.29, 1.82) is 0 Å². The van der Waals surface area contributed by atoms with Crippen molar-refractivity contribution < 1.29 is 31.9 Å². The van der Waals surface area contributed by atoms with Gasteiger partial charge >= 0.3 is 0 Å². The fraction of sp³-hybridized carbons (Fsp3) is 0.375. The molecule has 1 saturated heterocycles. The number of nitrogens with one attached hydrogen (secondary N) is 1. The molecule has 0 spiro atoms. The van der Waals surface area contributed by atoms with Gasteiger partial charge < -0.3 is 10.2 Å². The molecule has 1 aliphatic rings. The van der Waals surface area contributed by atoms with Crippen LogP contribution in [0.25, 0.3) is 0 Å². The van der Waals surface area contributed by atoms with E-state index in [2.05, 4.69) is 5.32 Å². The lowest BCUT2D eigenvalue weighted by Crippen LogP contribution is -2.53. The van der Waals surface area contributed by atoms with E-state index < -0.39 is 58.4 Å². The molecule has 1 heterocycles. The van der Waals surface area contributed by atoms with Crippen molar-refractivity contribution in [2.75, 3.05) is 13.1 Å². The molecule has 1 aliphatic heterocycles. The Balaban J connectivity index is 1.67. The predicted octanol–water partition coefficient (Wildman–Crippen LogP) is 4.12. The first kappa shape index (κ1) is 24.4. The number of rotatable bonds is 6. The van der Waals surface area contributed by atoms with Gasteiger partial charge in [-0.1, -0.05) is 19.9 Å². The zero-order valence-corrected chi connectivity index (χ0v) is 18.2. The standard InChI is InChI=1S/C24H24F4N2O3/c1-13(2)21(29-23(32)20-18(27)4-3-5-19(20)28)24(33)30-10-8-14(9-11-30)22(31)16-12-15(25)6-7-17(16)26/h3-7,12-14,21H,8-11H2,1-2H3,(H,29,32)/t21-/m0/s1. The molecule has 1 N–H and O–H groups in total. The van der Waals surface area contributed by atoms with Gasteiger partial charge in [-0.2, -0.15) is 0 Å². The van der Waals surface area contributed by atoms with Gasteiger partial charge in [-0.3, -0.25) is 14.4 Å². The first-order valence-electron chi connectivity index (χ1n) is 10.6. The number of benzene rings is 2. The molecule has 1 atom stereocenters. The van der Waals surface area contributed by atoms with Crippen molar-refractivity contribution >= 4 is 17.6 Å². The number of likely N-dealkylation sites (tertiary alicyclic amines) is 1. The third kappa shape index (κ3) is 5.40. The van der Waals surface area contributed by atoms with E-state index in [4.69, 9.17) is 0 Å². The molecule has 0 saturated carbocycles. The lowest BCUT2D eigenvalue weighted by atomic mass is 9.88. The number of amides is 2. The van der Waals surface area contributed by atoms with Crippen LogP contribution in [0, 0.1) is 35.1 Å². The van der Waals surface area contributed by atoms with E-state index in [1.54, 1.807) is 13.8 Å². The van der Waals surface area contributed by atoms with Crippen LogP contribution in [-0.2, 0) is 4.79 Å². The summed E-state index contributed by atoms with van der Waals surface area (Å²) in [5.41, 5.74) is -1.09. The topological polar surface area (TPSA) is 66.5 Å². The predicted molar refractivity (Wildman–Crippen MR) is 112 cm³/mol. The summed E-state index contributed by atoms with van der Waals surface area (Å²) >= 11 is 0. The Bertz CT molecular complexity index is 1050. The zero-order chi connectivity index (χ0) is 24.3. The van der Waals surface area contributed by atoms with Gasteiger partial charge in [0.15, 0.2) is 5.78 Å². The average Bonchev–Trinajstić information content (AvgIpc) is 2.78. The summed E-state index contributed by atoms with van der Waals surface area (Å²) in [6.07, 6.45) is 0.475. The number of carbonyl (C=O) groups excluding carboxylic acids is 3. The zero-order valence-electron chi connectivity index (χ0n) is 18.2. The van der Waals surface area contributed by atoms with Crippen molar-refractivity contribution in [2.24, 2.45) is 11.8 Å². The monoisotopic (exact) mass is 464 g/mol. The molecule has 0 unspecified atom stereocenters. The minimum absolute atomic E-state index is 0.166. The summed E-state index contributed by atoms with van der Waals surface area (Å²) in [6, 6.07) is 4.69. The van der Waals surface area contributed by atoms with Crippen LogP contribution in [0.15, 0.2) is 36.4 Å². The Morgan fingerprint density at radius 1 is 0.939 bits per heavy atom. The van der Waals surface area contributed by atoms with E-state index >= 15 is 0 Å². The van der Waals surface area contributed by atoms with E-state index in [-0.39, 0.29) is 37.4 Å². The fourth-order valence-corrected chi connectivity index (χ4v) is 3.91. The van der Waals surface area contributed by atoms with Crippen LogP contribution in [-0.4, -0.2) is 41.6 Å². The number of hydrogen-bond acceptors (Lipinski definition) is 3. The van der Waals surface area contributed by atoms with Crippen LogP contribution < -0.4 is 5.32 Å². The van der Waals surface area contributed by atoms with Crippen molar-refractivity contribution in [3.8, 4) is 0 Å². The number of nitrogens with zero attached hydrogens (tertiary/aromatic N) is 1. The third-order valence-corrected chi connectivity index (χ3v) is 5.78. The summed E-state index contributed by atoms with van der Waals surface area (Å²) in [7, 11) is 0. The van der Waals surface area contributed by atoms with Crippen LogP contribution in [0.1, 0.15) is 47.4 Å². The van der Waals surface area contributed by atoms with E-state index in [0.717, 1.165) is 36.4 Å². The molecule has 33 heavy (non-hydrogen) atoms. The second kappa shape index (κ2) is 10.1. The molecule has 1 fully saturated rings. The number of hydrogen-bond donors (Lipinski definition) is 1. The van der Waals surface area contributed by atoms with Crippen LogP contribution >= 0.6 is 0 Å². The summed E-state index contributed by atoms with van der Waals surface area (Å²) in [6.45, 7) is 3.70. The molecule has 0 aromatic heterocycles. The minimum Gasteiger partial charge on any atom is -0.341 e. The van der Waals surface area contributed by atoms with Gasteiger partial charge in [-0.05, 0) is 49.1 Å². The number of carbonyl (C=O) groups is 3. The summed E-state index contributed by atoms with van der Waals surface area (Å²) in [4.78, 5) is 39.6. The number of piperidine rings is 1. The van der Waals surface area contributed by atoms with Gasteiger partial charge in [-0.25, -0.2) is 17.6 Å². The number of Topliss-reactive ketones (excluding diaryl/α,β-unsaturated/α-hetero) is 1. The Labute approximate surface area is 188 Å². The number of ketones is 1. The van der Waals surface area contributed by atoms with Gasteiger partial charge in [0.2, 0.25) is 5.91 Å². The van der Waals surface area contributed by atoms with Crippen LogP contribution in [0.2, 0.25) is 0 Å². The van der Waals surface area contributed by atoms with Crippen molar-refractivity contribution in [3.05, 3.63) is 70.8 Å². The largest absolute Gasteiger partial charge is 0.341 e. The first-order valence-corrected chi connectivity index (χ1v) is 10.6. The molecular weight excluding hydrogens is 440 g/mol. The number of halogens is 4. The van der Waals surface area contributed by atoms with Crippen LogP contribution in [0.4, 0.5) is 17.6 Å². The van der Waals surface area contributed by atoms with Crippen molar-refractivity contribution in [2.45, 2.75) is 32.7 Å². The molecule has 9 heteroatoms. The maximum absolute atomic E-state index is 13.9. The minimum atomic E-state index is -1.04. The second-order valence-electron chi connectivity index (χ2n) is 8.38. The fourth-order valence-electron chi connectivity index (χ4n) is 3.91. The first-order chi connectivity index (χ1) is 15.6. The maximum Gasteiger partial charge on any atom is 0.257 e. The van der Waals surface area contributed by atoms with Crippen LogP contribution in [0.3, 0.4) is 0 Å². The summed E-state index contributed by atoms with van der Waals surface area (Å²) in [5.74, 6) is -6.55. The molecule has 3 rings (SSSR count). The van der Waals surface area contributed by atoms with Gasteiger partial charge in [0.05, 0.1) is 5.56 Å². The lowest BCUT2D eigenvalue weighted by Gasteiger charge is -2.35. The molecule has 176 valence electrons. The van der Waals surface area contributed by atoms with E-state index in [9.17, 15) is 31.9 Å². The normalized spacial score (nSPS) is 15.4. The second-order valence-corrected chi connectivity index (χ2v) is 8.38. The highest BCUT2D eigenvalue weighted by molar-refractivity contribution is 5.99. The SMILES string of the molecule is CC(C)[C@H](NC(=O)c1c(F)cccc1F)C(=O)N1CCC(C(=O)c2cc(F)ccc2F)CC1. The molecule has 0 radical (unpaired) electrons. The highest BCUT2D eigenvalue weighted by Crippen LogP contribution is 2.25. The Morgan fingerprint density at radius 3 is 2.12 bits per heavy atom. The maximum atomic E-state index is 13.9. The Hall–Kier alpha value is -3.23. The third-order valence-electron chi connectivity index (χ3n) is 5.78. The quantitative estimate of drug-likeness (QED) is 0.517. The van der Waals surface area contributed by atoms with Gasteiger partial charge in [0, 0.05) is 19.0 Å². The Morgan fingerprint density at radius 2 is 1.55 bits per heavy atom. The Kier molecular flexibility index (Phi) is 7.50. The summed E-state index contributed by atoms with van der Waals surface area (Å²) < 4.78 is 55.3. The van der Waals surface area contributed by atoms with E-state index in [1.807, 2.05) is 0 Å². The molecule has 0 bridgehead atoms. The van der Waals surface area contributed by atoms with Gasteiger partial charge in [0.25, 0.3) is 5.91 Å². The molecule has 2 amide bonds. The molecule has 2 aromatic rings. The van der Waals surface area contributed by atoms with Gasteiger partial charge in [-0.15, -0.1) is 0 Å². The molecule has 0 aliphatic carbocycles. The van der Waals surface area contributed by atoms with E-state index in [1.165, 1.54) is 4.90 Å². The lowest BCUT2D eigenvalue weighted by molar-refractivity contribution is -0.135. The molecular formula is C24H24F4N2O3. The average molecular weight is 464 g/mol. The van der Waals surface area contributed by atoms with Crippen LogP contribution in [0.5, 0.6) is 0 Å². The highest BCUT2D eigenvalue weighted by atomic mass is 19.1. The highest BCUT2D eigenvalue weighted by Gasteiger charge is 2.34. The molecule has 5 nitrogen and oxygen atoms in total. The summed E-state index contributed by atoms with van der Waals surface area (Å²) in [5, 5.41) is 2.42. The molecule has 2 aromatic carbocycles. The van der Waals surface area contributed by atoms with E-state index in [0.29, 0.717) is 0 Å². The van der Waals surface area contributed by atoms with Gasteiger partial charge in [0.1, 0.15) is 34.9 Å². The van der Waals surface area contributed by atoms with Crippen molar-refractivity contribution in [3.63, 3.8) is 0 Å². The smallest absolute Gasteiger partial charge is 0.257 e. The van der Waals surface area contributed by atoms with Crippen molar-refractivity contribution in [1.82, 2.24) is 10.2 Å².